The third-order valence-corrected chi connectivity index (χ3v) is 10.1. The quantitative estimate of drug-likeness (QED) is 0.420. The van der Waals surface area contributed by atoms with E-state index in [4.69, 9.17) is 9.26 Å². The maximum atomic E-state index is 6.73. The van der Waals surface area contributed by atoms with E-state index in [2.05, 4.69) is 38.6 Å². The summed E-state index contributed by atoms with van der Waals surface area (Å²) in [5, 5.41) is 4.32. The Kier molecular flexibility index (Phi) is 5.07. The molecule has 0 heterocycles. The van der Waals surface area contributed by atoms with Crippen LogP contribution in [-0.2, 0) is 9.26 Å². The van der Waals surface area contributed by atoms with Gasteiger partial charge in [-0.3, -0.25) is 0 Å². The van der Waals surface area contributed by atoms with E-state index >= 15 is 0 Å². The van der Waals surface area contributed by atoms with E-state index in [1.807, 2.05) is 0 Å². The van der Waals surface area contributed by atoms with Gasteiger partial charge in [-0.05, 0) is 112 Å². The molecule has 3 nitrogen and oxygen atoms in total. The van der Waals surface area contributed by atoms with Crippen LogP contribution in [0.3, 0.4) is 0 Å². The Morgan fingerprint density at radius 2 is 1.67 bits per heavy atom. The molecule has 0 saturated heterocycles. The van der Waals surface area contributed by atoms with Gasteiger partial charge in [-0.1, -0.05) is 19.0 Å². The second-order valence-electron chi connectivity index (χ2n) is 11.5. The summed E-state index contributed by atoms with van der Waals surface area (Å²) in [6.45, 7) is 12.3. The number of hydrogen-bond acceptors (Lipinski definition) is 3. The molecular formula is C23H41NO2Si. The molecule has 4 heteroatoms. The zero-order valence-electron chi connectivity index (χ0n) is 18.5. The third kappa shape index (κ3) is 3.33. The van der Waals surface area contributed by atoms with Crippen molar-refractivity contribution in [3.05, 3.63) is 0 Å². The first-order chi connectivity index (χ1) is 12.7. The lowest BCUT2D eigenvalue weighted by atomic mass is 9.45. The lowest BCUT2D eigenvalue weighted by Crippen LogP contribution is -2.54. The van der Waals surface area contributed by atoms with Crippen LogP contribution < -0.4 is 0 Å². The summed E-state index contributed by atoms with van der Waals surface area (Å²) in [6, 6.07) is 0. The molecule has 0 amide bonds. The molecule has 154 valence electrons. The van der Waals surface area contributed by atoms with E-state index < -0.39 is 8.32 Å². The van der Waals surface area contributed by atoms with Crippen LogP contribution in [0.2, 0.25) is 19.6 Å². The second kappa shape index (κ2) is 6.86. The fourth-order valence-corrected chi connectivity index (χ4v) is 9.08. The van der Waals surface area contributed by atoms with Gasteiger partial charge in [0.2, 0.25) is 0 Å². The van der Waals surface area contributed by atoms with Gasteiger partial charge in [-0.15, -0.1) is 0 Å². The van der Waals surface area contributed by atoms with Crippen molar-refractivity contribution in [3.63, 3.8) is 0 Å². The summed E-state index contributed by atoms with van der Waals surface area (Å²) >= 11 is 0. The predicted octanol–water partition coefficient (Wildman–Crippen LogP) is 6.25. The Bertz CT molecular complexity index is 600. The molecule has 0 aromatic rings. The predicted molar refractivity (Wildman–Crippen MR) is 114 cm³/mol. The van der Waals surface area contributed by atoms with Gasteiger partial charge in [-0.25, -0.2) is 0 Å². The normalized spacial score (nSPS) is 48.7. The van der Waals surface area contributed by atoms with Crippen molar-refractivity contribution in [2.24, 2.45) is 39.7 Å². The number of fused-ring (bicyclic) bond motifs is 5. The van der Waals surface area contributed by atoms with Crippen molar-refractivity contribution in [1.29, 1.82) is 0 Å². The van der Waals surface area contributed by atoms with Gasteiger partial charge in [0.15, 0.2) is 8.32 Å². The van der Waals surface area contributed by atoms with E-state index in [-0.39, 0.29) is 0 Å². The first-order valence-electron chi connectivity index (χ1n) is 11.4. The van der Waals surface area contributed by atoms with Gasteiger partial charge >= 0.3 is 0 Å². The number of oxime groups is 1. The van der Waals surface area contributed by atoms with Crippen molar-refractivity contribution in [1.82, 2.24) is 0 Å². The van der Waals surface area contributed by atoms with E-state index in [1.54, 1.807) is 7.11 Å². The molecule has 4 rings (SSSR count). The Morgan fingerprint density at radius 3 is 2.37 bits per heavy atom. The highest BCUT2D eigenvalue weighted by Gasteiger charge is 2.60. The topological polar surface area (TPSA) is 30.8 Å². The molecule has 0 aromatic heterocycles. The standard InChI is InChI=1S/C23H41NO2Si/c1-22-13-11-17(24-25-3)15-16(22)7-8-18-19-9-10-21(26-27(4,5)6)23(19,2)14-12-20(18)22/h16,18-21H,7-15H2,1-6H3/b24-17-/t16?,18-,19-,20-,21?,22-,23-/m0/s1. The summed E-state index contributed by atoms with van der Waals surface area (Å²) in [6.07, 6.45) is 12.5. The molecule has 4 saturated carbocycles. The third-order valence-electron chi connectivity index (χ3n) is 9.13. The molecule has 4 aliphatic rings. The minimum absolute atomic E-state index is 0.433. The van der Waals surface area contributed by atoms with Crippen LogP contribution in [0.1, 0.15) is 71.6 Å². The van der Waals surface area contributed by atoms with Crippen LogP contribution in [0.4, 0.5) is 0 Å². The lowest BCUT2D eigenvalue weighted by molar-refractivity contribution is -0.110. The van der Waals surface area contributed by atoms with Crippen LogP contribution >= 0.6 is 0 Å². The van der Waals surface area contributed by atoms with Gasteiger partial charge in [-0.2, -0.15) is 0 Å². The Morgan fingerprint density at radius 1 is 0.926 bits per heavy atom. The average molecular weight is 392 g/mol. The molecule has 4 aliphatic carbocycles. The zero-order chi connectivity index (χ0) is 19.4. The molecule has 4 fully saturated rings. The molecule has 0 aliphatic heterocycles. The molecule has 0 spiro atoms. The molecule has 2 unspecified atom stereocenters. The van der Waals surface area contributed by atoms with Crippen LogP contribution in [0, 0.1) is 34.5 Å². The van der Waals surface area contributed by atoms with E-state index in [0.29, 0.717) is 16.9 Å². The van der Waals surface area contributed by atoms with E-state index in [0.717, 1.165) is 30.1 Å². The minimum atomic E-state index is -1.47. The van der Waals surface area contributed by atoms with Crippen molar-refractivity contribution in [3.8, 4) is 0 Å². The molecule has 0 aromatic carbocycles. The first-order valence-corrected chi connectivity index (χ1v) is 14.8. The summed E-state index contributed by atoms with van der Waals surface area (Å²) in [5.41, 5.74) is 2.26. The van der Waals surface area contributed by atoms with Crippen molar-refractivity contribution >= 4 is 14.0 Å². The summed E-state index contributed by atoms with van der Waals surface area (Å²) < 4.78 is 6.73. The number of rotatable bonds is 3. The molecule has 0 bridgehead atoms. The Balaban J connectivity index is 1.54. The van der Waals surface area contributed by atoms with Gasteiger partial charge in [0.25, 0.3) is 0 Å². The lowest BCUT2D eigenvalue weighted by Gasteiger charge is -2.60. The number of hydrogen-bond donors (Lipinski definition) is 0. The molecule has 7 atom stereocenters. The van der Waals surface area contributed by atoms with Crippen LogP contribution in [-0.4, -0.2) is 27.2 Å². The molecule has 0 N–H and O–H groups in total. The maximum Gasteiger partial charge on any atom is 0.184 e. The van der Waals surface area contributed by atoms with Gasteiger partial charge in [0.05, 0.1) is 11.8 Å². The fraction of sp³-hybridized carbons (Fsp3) is 0.957. The fourth-order valence-electron chi connectivity index (χ4n) is 7.84. The maximum absolute atomic E-state index is 6.73. The Hall–Kier alpha value is -0.353. The summed E-state index contributed by atoms with van der Waals surface area (Å²) in [7, 11) is 0.221. The SMILES string of the molecule is CO/N=C1/CC[C@@]2(C)C(CC[C@@H]3[C@@H]2CC[C@]2(C)C(O[Si](C)(C)C)CC[C@@H]32)C1. The Labute approximate surface area is 167 Å². The van der Waals surface area contributed by atoms with E-state index in [1.165, 1.54) is 57.1 Å². The van der Waals surface area contributed by atoms with Crippen molar-refractivity contribution in [2.45, 2.75) is 97.4 Å². The zero-order valence-corrected chi connectivity index (χ0v) is 19.5. The average Bonchev–Trinajstić information content (AvgIpc) is 2.90. The summed E-state index contributed by atoms with van der Waals surface area (Å²) in [5.74, 6) is 3.57. The highest BCUT2D eigenvalue weighted by atomic mass is 28.4. The highest BCUT2D eigenvalue weighted by molar-refractivity contribution is 6.69. The monoisotopic (exact) mass is 391 g/mol. The largest absolute Gasteiger partial charge is 0.414 e. The van der Waals surface area contributed by atoms with E-state index in [9.17, 15) is 0 Å². The van der Waals surface area contributed by atoms with Crippen molar-refractivity contribution in [2.75, 3.05) is 7.11 Å². The van der Waals surface area contributed by atoms with Crippen LogP contribution in [0.5, 0.6) is 0 Å². The van der Waals surface area contributed by atoms with Gasteiger partial charge in [0.1, 0.15) is 7.11 Å². The first kappa shape index (κ1) is 19.9. The molecular weight excluding hydrogens is 350 g/mol. The van der Waals surface area contributed by atoms with Gasteiger partial charge in [0, 0.05) is 0 Å². The number of nitrogens with zero attached hydrogens (tertiary/aromatic N) is 1. The van der Waals surface area contributed by atoms with Crippen LogP contribution in [0.15, 0.2) is 5.16 Å². The molecule has 0 radical (unpaired) electrons. The summed E-state index contributed by atoms with van der Waals surface area (Å²) in [4.78, 5) is 5.10. The molecule has 27 heavy (non-hydrogen) atoms. The van der Waals surface area contributed by atoms with Crippen molar-refractivity contribution < 1.29 is 9.26 Å². The smallest absolute Gasteiger partial charge is 0.184 e. The highest BCUT2D eigenvalue weighted by Crippen LogP contribution is 2.66. The van der Waals surface area contributed by atoms with Crippen LogP contribution in [0.25, 0.3) is 0 Å². The van der Waals surface area contributed by atoms with Gasteiger partial charge < -0.3 is 9.26 Å². The minimum Gasteiger partial charge on any atom is -0.414 e. The second-order valence-corrected chi connectivity index (χ2v) is 16.0.